The van der Waals surface area contributed by atoms with Gasteiger partial charge in [-0.05, 0) is 6.42 Å². The number of aromatic amines is 1. The highest BCUT2D eigenvalue weighted by Gasteiger charge is 2.17. The van der Waals surface area contributed by atoms with Gasteiger partial charge < -0.3 is 9.64 Å². The molecule has 0 spiro atoms. The number of nitrogens with one attached hydrogen (secondary N) is 1. The monoisotopic (exact) mass is 284 g/mol. The van der Waals surface area contributed by atoms with Crippen LogP contribution in [0.2, 0.25) is 0 Å². The number of carbonyl (C=O) groups is 1. The van der Waals surface area contributed by atoms with E-state index in [1.807, 2.05) is 4.90 Å². The Balaban J connectivity index is 1.74. The highest BCUT2D eigenvalue weighted by Crippen LogP contribution is 2.14. The lowest BCUT2D eigenvalue weighted by Gasteiger charge is -2.26. The summed E-state index contributed by atoms with van der Waals surface area (Å²) in [6.45, 7) is 4.80. The lowest BCUT2D eigenvalue weighted by molar-refractivity contribution is -0.132. The van der Waals surface area contributed by atoms with Gasteiger partial charge in [0, 0.05) is 19.5 Å². The van der Waals surface area contributed by atoms with Crippen molar-refractivity contribution in [2.45, 2.75) is 31.3 Å². The van der Waals surface area contributed by atoms with Crippen molar-refractivity contribution in [2.75, 3.05) is 32.1 Å². The number of carbonyl (C=O) groups excluding carboxylic acids is 1. The van der Waals surface area contributed by atoms with Crippen LogP contribution in [0.3, 0.4) is 0 Å². The minimum atomic E-state index is 0.133. The van der Waals surface area contributed by atoms with Crippen LogP contribution in [0, 0.1) is 0 Å². The topological polar surface area (TPSA) is 71.1 Å². The summed E-state index contributed by atoms with van der Waals surface area (Å²) < 4.78 is 5.22. The van der Waals surface area contributed by atoms with E-state index >= 15 is 0 Å². The standard InChI is InChI=1S/C12H20N4O2S/c1-2-3-4-10-13-12(15-14-10)19-9-11(17)16-5-7-18-8-6-16/h2-9H2,1H3,(H,13,14,15). The Morgan fingerprint density at radius 2 is 2.26 bits per heavy atom. The van der Waals surface area contributed by atoms with Crippen LogP contribution in [0.25, 0.3) is 0 Å². The Bertz CT molecular complexity index is 404. The zero-order valence-electron chi connectivity index (χ0n) is 11.2. The van der Waals surface area contributed by atoms with Crippen molar-refractivity contribution in [3.8, 4) is 0 Å². The van der Waals surface area contributed by atoms with Crippen molar-refractivity contribution in [3.63, 3.8) is 0 Å². The number of H-pyrrole nitrogens is 1. The lowest BCUT2D eigenvalue weighted by Crippen LogP contribution is -2.41. The second-order valence-corrected chi connectivity index (χ2v) is 5.39. The molecule has 1 amide bonds. The van der Waals surface area contributed by atoms with E-state index in [0.29, 0.717) is 37.2 Å². The van der Waals surface area contributed by atoms with E-state index in [2.05, 4.69) is 22.1 Å². The van der Waals surface area contributed by atoms with Crippen molar-refractivity contribution in [2.24, 2.45) is 0 Å². The van der Waals surface area contributed by atoms with Crippen molar-refractivity contribution in [1.82, 2.24) is 20.1 Å². The fraction of sp³-hybridized carbons (Fsp3) is 0.750. The van der Waals surface area contributed by atoms with Gasteiger partial charge in [0.15, 0.2) is 0 Å². The highest BCUT2D eigenvalue weighted by atomic mass is 32.2. The normalized spacial score (nSPS) is 15.7. The highest BCUT2D eigenvalue weighted by molar-refractivity contribution is 7.99. The lowest BCUT2D eigenvalue weighted by atomic mass is 10.2. The average molecular weight is 284 g/mol. The summed E-state index contributed by atoms with van der Waals surface area (Å²) in [5, 5.41) is 7.69. The molecule has 0 unspecified atom stereocenters. The van der Waals surface area contributed by atoms with Gasteiger partial charge in [-0.15, -0.1) is 5.10 Å². The van der Waals surface area contributed by atoms with Gasteiger partial charge in [0.25, 0.3) is 0 Å². The molecule has 1 aliphatic rings. The molecule has 0 radical (unpaired) electrons. The second-order valence-electron chi connectivity index (χ2n) is 4.45. The third kappa shape index (κ3) is 4.50. The van der Waals surface area contributed by atoms with E-state index in [1.165, 1.54) is 11.8 Å². The quantitative estimate of drug-likeness (QED) is 0.792. The summed E-state index contributed by atoms with van der Waals surface area (Å²) in [5.74, 6) is 1.43. The molecule has 1 saturated heterocycles. The predicted octanol–water partition coefficient (Wildman–Crippen LogP) is 1.10. The summed E-state index contributed by atoms with van der Waals surface area (Å²) in [5.41, 5.74) is 0. The first-order chi connectivity index (χ1) is 9.29. The number of unbranched alkanes of at least 4 members (excludes halogenated alkanes) is 1. The molecule has 1 aromatic heterocycles. The van der Waals surface area contributed by atoms with Gasteiger partial charge in [0.1, 0.15) is 5.82 Å². The van der Waals surface area contributed by atoms with Crippen molar-refractivity contribution in [3.05, 3.63) is 5.82 Å². The van der Waals surface area contributed by atoms with E-state index < -0.39 is 0 Å². The van der Waals surface area contributed by atoms with Gasteiger partial charge in [-0.3, -0.25) is 9.89 Å². The molecule has 6 nitrogen and oxygen atoms in total. The number of amides is 1. The van der Waals surface area contributed by atoms with Crippen molar-refractivity contribution >= 4 is 17.7 Å². The fourth-order valence-electron chi connectivity index (χ4n) is 1.83. The molecule has 106 valence electrons. The van der Waals surface area contributed by atoms with Crippen molar-refractivity contribution in [1.29, 1.82) is 0 Å². The maximum atomic E-state index is 11.9. The number of nitrogens with zero attached hydrogens (tertiary/aromatic N) is 3. The summed E-state index contributed by atoms with van der Waals surface area (Å²) in [7, 11) is 0. The SMILES string of the molecule is CCCCc1nc(SCC(=O)N2CCOCC2)n[nH]1. The molecule has 1 N–H and O–H groups in total. The van der Waals surface area contributed by atoms with Crippen LogP contribution in [0.5, 0.6) is 0 Å². The van der Waals surface area contributed by atoms with Gasteiger partial charge >= 0.3 is 0 Å². The number of hydrogen-bond acceptors (Lipinski definition) is 5. The van der Waals surface area contributed by atoms with E-state index in [0.717, 1.165) is 25.1 Å². The summed E-state index contributed by atoms with van der Waals surface area (Å²) in [6, 6.07) is 0. The van der Waals surface area contributed by atoms with Crippen LogP contribution >= 0.6 is 11.8 Å². The molecule has 1 fully saturated rings. The number of thioether (sulfide) groups is 1. The number of hydrogen-bond donors (Lipinski definition) is 1. The van der Waals surface area contributed by atoms with E-state index in [-0.39, 0.29) is 5.91 Å². The van der Waals surface area contributed by atoms with Crippen LogP contribution in [0.4, 0.5) is 0 Å². The minimum absolute atomic E-state index is 0.133. The molecule has 0 aromatic carbocycles. The van der Waals surface area contributed by atoms with Gasteiger partial charge in [-0.1, -0.05) is 25.1 Å². The van der Waals surface area contributed by atoms with Crippen LogP contribution in [-0.2, 0) is 16.0 Å². The Morgan fingerprint density at radius 3 is 3.00 bits per heavy atom. The minimum Gasteiger partial charge on any atom is -0.378 e. The fourth-order valence-corrected chi connectivity index (χ4v) is 2.55. The summed E-state index contributed by atoms with van der Waals surface area (Å²) >= 11 is 1.39. The van der Waals surface area contributed by atoms with Gasteiger partial charge in [0.2, 0.25) is 11.1 Å². The predicted molar refractivity (Wildman–Crippen MR) is 73.1 cm³/mol. The van der Waals surface area contributed by atoms with E-state index in [9.17, 15) is 4.79 Å². The largest absolute Gasteiger partial charge is 0.378 e. The molecular weight excluding hydrogens is 264 g/mol. The Morgan fingerprint density at radius 1 is 1.47 bits per heavy atom. The van der Waals surface area contributed by atoms with E-state index in [1.54, 1.807) is 0 Å². The molecule has 19 heavy (non-hydrogen) atoms. The van der Waals surface area contributed by atoms with Crippen LogP contribution in [0.15, 0.2) is 5.16 Å². The molecule has 0 saturated carbocycles. The first-order valence-corrected chi connectivity index (χ1v) is 7.67. The maximum Gasteiger partial charge on any atom is 0.233 e. The van der Waals surface area contributed by atoms with Crippen molar-refractivity contribution < 1.29 is 9.53 Å². The Kier molecular flexibility index (Phi) is 5.65. The van der Waals surface area contributed by atoms with Gasteiger partial charge in [-0.2, -0.15) is 0 Å². The molecule has 0 bridgehead atoms. The molecule has 7 heteroatoms. The number of ether oxygens (including phenoxy) is 1. The van der Waals surface area contributed by atoms with Gasteiger partial charge in [0.05, 0.1) is 19.0 Å². The summed E-state index contributed by atoms with van der Waals surface area (Å²) in [6.07, 6.45) is 3.16. The first kappa shape index (κ1) is 14.3. The number of aryl methyl sites for hydroxylation is 1. The van der Waals surface area contributed by atoms with E-state index in [4.69, 9.17) is 4.74 Å². The first-order valence-electron chi connectivity index (χ1n) is 6.69. The van der Waals surface area contributed by atoms with Gasteiger partial charge in [-0.25, -0.2) is 4.98 Å². The molecule has 2 heterocycles. The van der Waals surface area contributed by atoms with Crippen LogP contribution in [0.1, 0.15) is 25.6 Å². The molecule has 1 aromatic rings. The summed E-state index contributed by atoms with van der Waals surface area (Å²) in [4.78, 5) is 18.1. The van der Waals surface area contributed by atoms with Crippen LogP contribution in [-0.4, -0.2) is 58.0 Å². The van der Waals surface area contributed by atoms with Crippen LogP contribution < -0.4 is 0 Å². The molecule has 0 atom stereocenters. The zero-order valence-corrected chi connectivity index (χ0v) is 12.0. The number of morpholine rings is 1. The second kappa shape index (κ2) is 7.49. The number of aromatic nitrogens is 3. The molecule has 1 aliphatic heterocycles. The zero-order chi connectivity index (χ0) is 13.5. The molecule has 0 aliphatic carbocycles. The molecular formula is C12H20N4O2S. The molecule has 2 rings (SSSR count). The Hall–Kier alpha value is -1.08. The maximum absolute atomic E-state index is 11.9. The third-order valence-electron chi connectivity index (χ3n) is 2.97. The third-order valence-corrected chi connectivity index (χ3v) is 3.80. The number of rotatable bonds is 6. The smallest absolute Gasteiger partial charge is 0.233 e. The Labute approximate surface area is 117 Å². The average Bonchev–Trinajstić information content (AvgIpc) is 2.91.